The van der Waals surface area contributed by atoms with E-state index in [0.29, 0.717) is 0 Å². The molecule has 26 heavy (non-hydrogen) atoms. The molecule has 0 aliphatic heterocycles. The predicted molar refractivity (Wildman–Crippen MR) is 111 cm³/mol. The van der Waals surface area contributed by atoms with Gasteiger partial charge in [-0.1, -0.05) is 72.8 Å². The number of hydrogen-bond acceptors (Lipinski definition) is 0. The first-order valence-corrected chi connectivity index (χ1v) is 10.3. The second-order valence-corrected chi connectivity index (χ2v) is 9.42. The Morgan fingerprint density at radius 2 is 0.500 bits per heavy atom. The normalized spacial score (nSPS) is 10.8. The average Bonchev–Trinajstić information content (AvgIpc) is 2.72. The Bertz CT molecular complexity index is 759. The molecule has 0 N–H and O–H groups in total. The molecule has 0 saturated carbocycles. The fraction of sp³-hybridized carbons (Fsp3) is 0. The van der Waals surface area contributed by atoms with Crippen LogP contribution in [-0.2, 0) is 16.8 Å². The fourth-order valence-electron chi connectivity index (χ4n) is 3.50. The van der Waals surface area contributed by atoms with Crippen LogP contribution < -0.4 is 21.2 Å². The van der Waals surface area contributed by atoms with E-state index in [2.05, 4.69) is 121 Å². The number of benzene rings is 4. The van der Waals surface area contributed by atoms with Crippen molar-refractivity contribution in [1.82, 2.24) is 0 Å². The third kappa shape index (κ3) is 3.26. The third-order valence-electron chi connectivity index (χ3n) is 4.57. The molecule has 0 unspecified atom stereocenters. The topological polar surface area (TPSA) is 0 Å². The molecule has 4 aromatic rings. The molecule has 0 aromatic heterocycles. The Labute approximate surface area is 166 Å². The minimum atomic E-state index is -1.91. The van der Waals surface area contributed by atoms with E-state index < -0.39 is 7.26 Å². The van der Waals surface area contributed by atoms with E-state index in [-0.39, 0.29) is 16.8 Å². The zero-order valence-corrected chi connectivity index (χ0v) is 16.3. The summed E-state index contributed by atoms with van der Waals surface area (Å²) in [4.78, 5) is 0. The minimum absolute atomic E-state index is 0. The van der Waals surface area contributed by atoms with Gasteiger partial charge < -0.3 is 0 Å². The Hall–Kier alpha value is -2.18. The Morgan fingerprint density at radius 1 is 0.308 bits per heavy atom. The summed E-state index contributed by atoms with van der Waals surface area (Å²) in [5, 5.41) is 5.55. The monoisotopic (exact) mass is 398 g/mol. The van der Waals surface area contributed by atoms with Crippen LogP contribution >= 0.6 is 7.26 Å². The maximum atomic E-state index is 2.28. The summed E-state index contributed by atoms with van der Waals surface area (Å²) >= 11 is 0. The fourth-order valence-corrected chi connectivity index (χ4v) is 7.77. The first kappa shape index (κ1) is 18.6. The van der Waals surface area contributed by atoms with Crippen LogP contribution in [-0.4, -0.2) is 0 Å². The molecule has 0 aliphatic rings. The molecule has 0 amide bonds. The maximum Gasteiger partial charge on any atom is 2.00 e. The molecule has 127 valence electrons. The first-order chi connectivity index (χ1) is 12.4. The van der Waals surface area contributed by atoms with E-state index in [1.54, 1.807) is 0 Å². The van der Waals surface area contributed by atoms with Crippen LogP contribution in [0.15, 0.2) is 121 Å². The second-order valence-electron chi connectivity index (χ2n) is 6.01. The van der Waals surface area contributed by atoms with Crippen molar-refractivity contribution in [3.8, 4) is 0 Å². The van der Waals surface area contributed by atoms with Crippen LogP contribution in [0.5, 0.6) is 0 Å². The van der Waals surface area contributed by atoms with E-state index in [4.69, 9.17) is 0 Å². The largest absolute Gasteiger partial charge is 2.00 e. The van der Waals surface area contributed by atoms with Crippen LogP contribution in [0.1, 0.15) is 0 Å². The SMILES string of the molecule is [Co+2].c1ccc([P+](c2ccccc2)(c2ccccc2)c2ccccc2)cc1. The molecule has 4 rings (SSSR count). The second kappa shape index (κ2) is 8.47. The van der Waals surface area contributed by atoms with Crippen LogP contribution in [0, 0.1) is 0 Å². The predicted octanol–water partition coefficient (Wildman–Crippen LogP) is 4.30. The van der Waals surface area contributed by atoms with Gasteiger partial charge in [-0.25, -0.2) is 0 Å². The summed E-state index contributed by atoms with van der Waals surface area (Å²) in [6.45, 7) is 0. The van der Waals surface area contributed by atoms with E-state index in [1.807, 2.05) is 0 Å². The summed E-state index contributed by atoms with van der Waals surface area (Å²) in [7, 11) is -1.91. The van der Waals surface area contributed by atoms with Gasteiger partial charge in [-0.3, -0.25) is 0 Å². The van der Waals surface area contributed by atoms with Crippen molar-refractivity contribution in [3.63, 3.8) is 0 Å². The van der Waals surface area contributed by atoms with E-state index in [9.17, 15) is 0 Å². The van der Waals surface area contributed by atoms with Gasteiger partial charge in [-0.15, -0.1) is 0 Å². The van der Waals surface area contributed by atoms with Gasteiger partial charge in [-0.05, 0) is 48.5 Å². The quantitative estimate of drug-likeness (QED) is 0.450. The Balaban J connectivity index is 0.00000196. The molecule has 0 bridgehead atoms. The number of rotatable bonds is 4. The molecule has 0 spiro atoms. The van der Waals surface area contributed by atoms with Gasteiger partial charge in [0.25, 0.3) is 0 Å². The smallest absolute Gasteiger partial charge is 0.0620 e. The van der Waals surface area contributed by atoms with E-state index in [1.165, 1.54) is 21.2 Å². The van der Waals surface area contributed by atoms with Crippen molar-refractivity contribution in [3.05, 3.63) is 121 Å². The van der Waals surface area contributed by atoms with Crippen molar-refractivity contribution in [2.45, 2.75) is 0 Å². The summed E-state index contributed by atoms with van der Waals surface area (Å²) in [5.41, 5.74) is 0. The average molecular weight is 398 g/mol. The Morgan fingerprint density at radius 3 is 0.692 bits per heavy atom. The van der Waals surface area contributed by atoms with Gasteiger partial charge >= 0.3 is 16.8 Å². The van der Waals surface area contributed by atoms with Gasteiger partial charge in [0.05, 0.1) is 0 Å². The van der Waals surface area contributed by atoms with Crippen molar-refractivity contribution >= 4 is 28.5 Å². The molecule has 4 aromatic carbocycles. The summed E-state index contributed by atoms with van der Waals surface area (Å²) in [6, 6.07) is 43.8. The molecule has 2 heteroatoms. The van der Waals surface area contributed by atoms with Crippen LogP contribution in [0.4, 0.5) is 0 Å². The Kier molecular flexibility index (Phi) is 6.06. The molecule has 0 aliphatic carbocycles. The maximum absolute atomic E-state index is 2.28. The van der Waals surface area contributed by atoms with Crippen LogP contribution in [0.3, 0.4) is 0 Å². The van der Waals surface area contributed by atoms with E-state index >= 15 is 0 Å². The molecule has 0 heterocycles. The van der Waals surface area contributed by atoms with Gasteiger partial charge in [0.15, 0.2) is 0 Å². The molecule has 0 saturated heterocycles. The molecule has 0 fully saturated rings. The van der Waals surface area contributed by atoms with Crippen molar-refractivity contribution in [1.29, 1.82) is 0 Å². The zero-order valence-electron chi connectivity index (χ0n) is 14.3. The zero-order chi connectivity index (χ0) is 17.0. The molecular weight excluding hydrogens is 378 g/mol. The molecule has 0 atom stereocenters. The van der Waals surface area contributed by atoms with Crippen LogP contribution in [0.25, 0.3) is 0 Å². The van der Waals surface area contributed by atoms with Crippen molar-refractivity contribution in [2.24, 2.45) is 0 Å². The van der Waals surface area contributed by atoms with Crippen molar-refractivity contribution in [2.75, 3.05) is 0 Å². The van der Waals surface area contributed by atoms with E-state index in [0.717, 1.165) is 0 Å². The van der Waals surface area contributed by atoms with Gasteiger partial charge in [0.2, 0.25) is 0 Å². The van der Waals surface area contributed by atoms with Gasteiger partial charge in [0, 0.05) is 0 Å². The summed E-state index contributed by atoms with van der Waals surface area (Å²) < 4.78 is 0. The summed E-state index contributed by atoms with van der Waals surface area (Å²) in [5.74, 6) is 0. The third-order valence-corrected chi connectivity index (χ3v) is 8.86. The van der Waals surface area contributed by atoms with Crippen molar-refractivity contribution < 1.29 is 16.8 Å². The van der Waals surface area contributed by atoms with Crippen LogP contribution in [0.2, 0.25) is 0 Å². The minimum Gasteiger partial charge on any atom is -0.0620 e. The summed E-state index contributed by atoms with van der Waals surface area (Å²) in [6.07, 6.45) is 0. The number of hydrogen-bond donors (Lipinski definition) is 0. The molecule has 1 radical (unpaired) electrons. The molecular formula is C24H20CoP+3. The van der Waals surface area contributed by atoms with Gasteiger partial charge in [-0.2, -0.15) is 0 Å². The molecule has 0 nitrogen and oxygen atoms in total. The standard InChI is InChI=1S/C24H20P.Co/c1-5-13-21(14-6-1)25(22-15-7-2-8-16-22,23-17-9-3-10-18-23)24-19-11-4-12-20-24;/h1-20H;/q+1;+2. The van der Waals surface area contributed by atoms with Gasteiger partial charge in [0.1, 0.15) is 28.5 Å². The first-order valence-electron chi connectivity index (χ1n) is 8.54.